The Balaban J connectivity index is 2.48. The van der Waals surface area contributed by atoms with Gasteiger partial charge in [0.15, 0.2) is 22.4 Å². The van der Waals surface area contributed by atoms with Gasteiger partial charge >= 0.3 is 0 Å². The first-order valence-corrected chi connectivity index (χ1v) is 7.20. The second kappa shape index (κ2) is 5.58. The minimum Gasteiger partial charge on any atom is -0.507 e. The molecule has 0 aliphatic rings. The molecule has 0 atom stereocenters. The molecule has 0 bridgehead atoms. The number of halogens is 2. The number of nitrogens with zero attached hydrogens (tertiary/aromatic N) is 4. The van der Waals surface area contributed by atoms with Crippen LogP contribution in [0.25, 0.3) is 16.9 Å². The first kappa shape index (κ1) is 15.4. The molecule has 3 aromatic rings. The maximum absolute atomic E-state index is 13.6. The predicted molar refractivity (Wildman–Crippen MR) is 83.7 cm³/mol. The summed E-state index contributed by atoms with van der Waals surface area (Å²) in [5, 5.41) is 9.58. The van der Waals surface area contributed by atoms with E-state index in [1.807, 2.05) is 13.8 Å². The molecule has 0 amide bonds. The van der Waals surface area contributed by atoms with Gasteiger partial charge in [0.25, 0.3) is 5.56 Å². The molecule has 0 spiro atoms. The molecule has 3 heterocycles. The number of aromatic nitrogens is 4. The van der Waals surface area contributed by atoms with E-state index >= 15 is 0 Å². The summed E-state index contributed by atoms with van der Waals surface area (Å²) in [5.74, 6) is -0.903. The van der Waals surface area contributed by atoms with Crippen LogP contribution in [0, 0.1) is 5.82 Å². The Kier molecular flexibility index (Phi) is 3.73. The second-order valence-corrected chi connectivity index (χ2v) is 5.61. The molecule has 0 radical (unpaired) electrons. The van der Waals surface area contributed by atoms with Crippen LogP contribution in [-0.4, -0.2) is 24.6 Å². The Labute approximate surface area is 135 Å². The molecule has 0 saturated carbocycles. The van der Waals surface area contributed by atoms with Crippen molar-refractivity contribution in [1.29, 1.82) is 0 Å². The number of hydrogen-bond donors (Lipinski definition) is 1. The molecule has 23 heavy (non-hydrogen) atoms. The van der Waals surface area contributed by atoms with Gasteiger partial charge in [-0.1, -0.05) is 25.4 Å². The number of rotatable bonds is 2. The zero-order valence-electron chi connectivity index (χ0n) is 12.3. The Morgan fingerprint density at radius 3 is 2.65 bits per heavy atom. The van der Waals surface area contributed by atoms with Gasteiger partial charge in [-0.15, -0.1) is 0 Å². The zero-order valence-corrected chi connectivity index (χ0v) is 13.0. The highest BCUT2D eigenvalue weighted by Crippen LogP contribution is 2.27. The summed E-state index contributed by atoms with van der Waals surface area (Å²) in [6, 6.07) is 2.01. The van der Waals surface area contributed by atoms with E-state index in [4.69, 9.17) is 11.6 Å². The molecular formula is C15H12ClFN4O2. The minimum atomic E-state index is -0.789. The van der Waals surface area contributed by atoms with E-state index in [0.29, 0.717) is 5.69 Å². The molecule has 0 aromatic carbocycles. The molecule has 3 aromatic heterocycles. The summed E-state index contributed by atoms with van der Waals surface area (Å²) in [6.45, 7) is 3.81. The SMILES string of the molecule is CC(C)c1nccnc1-n1c(=O)cc(O)c2cc(F)c(Cl)nc21. The van der Waals surface area contributed by atoms with Crippen LogP contribution >= 0.6 is 11.6 Å². The monoisotopic (exact) mass is 334 g/mol. The van der Waals surface area contributed by atoms with Gasteiger partial charge < -0.3 is 5.11 Å². The van der Waals surface area contributed by atoms with E-state index in [9.17, 15) is 14.3 Å². The van der Waals surface area contributed by atoms with Crippen molar-refractivity contribution in [2.24, 2.45) is 0 Å². The Bertz CT molecular complexity index is 972. The number of aromatic hydroxyl groups is 1. The Morgan fingerprint density at radius 2 is 1.96 bits per heavy atom. The molecular weight excluding hydrogens is 323 g/mol. The van der Waals surface area contributed by atoms with Gasteiger partial charge in [-0.2, -0.15) is 0 Å². The smallest absolute Gasteiger partial charge is 0.261 e. The van der Waals surface area contributed by atoms with Crippen molar-refractivity contribution in [3.05, 3.63) is 51.5 Å². The normalized spacial score (nSPS) is 11.3. The van der Waals surface area contributed by atoms with Gasteiger partial charge in [0.05, 0.1) is 11.1 Å². The summed E-state index contributed by atoms with van der Waals surface area (Å²) in [7, 11) is 0. The van der Waals surface area contributed by atoms with Crippen LogP contribution in [0.3, 0.4) is 0 Å². The maximum Gasteiger partial charge on any atom is 0.261 e. The quantitative estimate of drug-likeness (QED) is 0.729. The van der Waals surface area contributed by atoms with Crippen molar-refractivity contribution in [1.82, 2.24) is 19.5 Å². The molecule has 3 rings (SSSR count). The van der Waals surface area contributed by atoms with E-state index in [0.717, 1.165) is 12.1 Å². The lowest BCUT2D eigenvalue weighted by molar-refractivity contribution is 0.479. The number of pyridine rings is 2. The molecule has 0 saturated heterocycles. The molecule has 118 valence electrons. The molecule has 0 fully saturated rings. The Morgan fingerprint density at radius 1 is 1.26 bits per heavy atom. The van der Waals surface area contributed by atoms with Crippen LogP contribution in [0.15, 0.2) is 29.3 Å². The van der Waals surface area contributed by atoms with Crippen LogP contribution in [0.5, 0.6) is 5.75 Å². The highest BCUT2D eigenvalue weighted by molar-refractivity contribution is 6.30. The van der Waals surface area contributed by atoms with Crippen LogP contribution in [-0.2, 0) is 0 Å². The minimum absolute atomic E-state index is 0.00891. The molecule has 6 nitrogen and oxygen atoms in total. The maximum atomic E-state index is 13.6. The first-order chi connectivity index (χ1) is 10.9. The number of fused-ring (bicyclic) bond motifs is 1. The van der Waals surface area contributed by atoms with Crippen LogP contribution in [0.1, 0.15) is 25.5 Å². The lowest BCUT2D eigenvalue weighted by atomic mass is 10.1. The van der Waals surface area contributed by atoms with Crippen molar-refractivity contribution in [3.63, 3.8) is 0 Å². The topological polar surface area (TPSA) is 80.9 Å². The lowest BCUT2D eigenvalue weighted by Gasteiger charge is -2.14. The highest BCUT2D eigenvalue weighted by Gasteiger charge is 2.19. The largest absolute Gasteiger partial charge is 0.507 e. The molecule has 0 aliphatic heterocycles. The van der Waals surface area contributed by atoms with Crippen LogP contribution in [0.4, 0.5) is 4.39 Å². The van der Waals surface area contributed by atoms with E-state index in [-0.39, 0.29) is 28.5 Å². The number of hydrogen-bond acceptors (Lipinski definition) is 5. The van der Waals surface area contributed by atoms with E-state index in [1.54, 1.807) is 0 Å². The summed E-state index contributed by atoms with van der Waals surface area (Å²) < 4.78 is 14.8. The van der Waals surface area contributed by atoms with Crippen LogP contribution < -0.4 is 5.56 Å². The Hall–Kier alpha value is -2.54. The van der Waals surface area contributed by atoms with Gasteiger partial charge in [-0.25, -0.2) is 18.9 Å². The van der Waals surface area contributed by atoms with Gasteiger partial charge in [0, 0.05) is 18.5 Å². The summed E-state index contributed by atoms with van der Waals surface area (Å²) in [5.41, 5.74) is 0.0280. The average molecular weight is 335 g/mol. The first-order valence-electron chi connectivity index (χ1n) is 6.82. The fourth-order valence-corrected chi connectivity index (χ4v) is 2.44. The third-order valence-electron chi connectivity index (χ3n) is 3.35. The fraction of sp³-hybridized carbons (Fsp3) is 0.200. The van der Waals surface area contributed by atoms with Crippen molar-refractivity contribution in [2.75, 3.05) is 0 Å². The lowest BCUT2D eigenvalue weighted by Crippen LogP contribution is -2.22. The van der Waals surface area contributed by atoms with E-state index < -0.39 is 16.5 Å². The van der Waals surface area contributed by atoms with Crippen molar-refractivity contribution < 1.29 is 9.50 Å². The summed E-state index contributed by atoms with van der Waals surface area (Å²) in [4.78, 5) is 24.7. The van der Waals surface area contributed by atoms with Crippen molar-refractivity contribution in [3.8, 4) is 11.6 Å². The standard InChI is InChI=1S/C15H12ClFN4O2/c1-7(2)12-15(19-4-3-18-12)21-11(23)6-10(22)8-5-9(17)13(16)20-14(8)21/h3-7,22H,1-2H3. The van der Waals surface area contributed by atoms with Gasteiger partial charge in [-0.05, 0) is 12.0 Å². The van der Waals surface area contributed by atoms with E-state index in [2.05, 4.69) is 15.0 Å². The van der Waals surface area contributed by atoms with E-state index in [1.165, 1.54) is 17.0 Å². The average Bonchev–Trinajstić information content (AvgIpc) is 2.50. The predicted octanol–water partition coefficient (Wildman–Crippen LogP) is 2.80. The molecule has 0 unspecified atom stereocenters. The zero-order chi connectivity index (χ0) is 16.7. The third-order valence-corrected chi connectivity index (χ3v) is 3.61. The summed E-state index contributed by atoms with van der Waals surface area (Å²) >= 11 is 5.73. The van der Waals surface area contributed by atoms with Crippen molar-refractivity contribution >= 4 is 22.6 Å². The van der Waals surface area contributed by atoms with Crippen molar-refractivity contribution in [2.45, 2.75) is 19.8 Å². The second-order valence-electron chi connectivity index (χ2n) is 5.26. The third kappa shape index (κ3) is 2.53. The highest BCUT2D eigenvalue weighted by atomic mass is 35.5. The van der Waals surface area contributed by atoms with Gasteiger partial charge in [0.2, 0.25) is 0 Å². The van der Waals surface area contributed by atoms with Gasteiger partial charge in [-0.3, -0.25) is 9.78 Å². The van der Waals surface area contributed by atoms with Crippen LogP contribution in [0.2, 0.25) is 5.15 Å². The molecule has 1 N–H and O–H groups in total. The fourth-order valence-electron chi connectivity index (χ4n) is 2.31. The molecule has 0 aliphatic carbocycles. The van der Waals surface area contributed by atoms with Gasteiger partial charge in [0.1, 0.15) is 5.75 Å². The molecule has 8 heteroatoms. The summed E-state index contributed by atoms with van der Waals surface area (Å²) in [6.07, 6.45) is 2.96.